The zero-order valence-corrected chi connectivity index (χ0v) is 31.1. The third-order valence-corrected chi connectivity index (χ3v) is 13.7. The summed E-state index contributed by atoms with van der Waals surface area (Å²) in [7, 11) is 3.44. The molecular weight excluding hydrogens is 642 g/mol. The Bertz CT molecular complexity index is 1390. The van der Waals surface area contributed by atoms with Crippen LogP contribution in [-0.2, 0) is 40.3 Å². The standard InChI is InChI=1S/C39H59NO10/c1-35(2,3)36(4,42)29-24-37-11-12-39(29,44-6)33-38(37)13-14-40(25-26-7-8-26)30(37)23-27-9-10-28(32(50-33)31(27)38)49-34(41)48-22-21-47-20-19-46-18-17-45-16-15-43-5/h9-10,26,29-30,33,42H,7-8,11-25H2,1-6H3/t29-,30-,33-,36+,37-,38+,39-/m1/s1. The van der Waals surface area contributed by atoms with E-state index in [0.29, 0.717) is 57.2 Å². The van der Waals surface area contributed by atoms with Crippen LogP contribution in [0.2, 0.25) is 0 Å². The average molecular weight is 702 g/mol. The number of hydrogen-bond acceptors (Lipinski definition) is 11. The fourth-order valence-corrected chi connectivity index (χ4v) is 10.6. The van der Waals surface area contributed by atoms with Gasteiger partial charge in [-0.15, -0.1) is 0 Å². The largest absolute Gasteiger partial charge is 0.514 e. The first-order valence-electron chi connectivity index (χ1n) is 18.9. The van der Waals surface area contributed by atoms with Gasteiger partial charge >= 0.3 is 6.16 Å². The van der Waals surface area contributed by atoms with Gasteiger partial charge in [0, 0.05) is 49.1 Å². The van der Waals surface area contributed by atoms with E-state index in [9.17, 15) is 9.90 Å². The predicted molar refractivity (Wildman–Crippen MR) is 185 cm³/mol. The van der Waals surface area contributed by atoms with Crippen molar-refractivity contribution >= 4 is 6.16 Å². The van der Waals surface area contributed by atoms with Crippen LogP contribution in [0.3, 0.4) is 0 Å². The molecule has 1 aromatic carbocycles. The lowest BCUT2D eigenvalue weighted by atomic mass is 9.33. The van der Waals surface area contributed by atoms with E-state index in [0.717, 1.165) is 51.1 Å². The number of carbonyl (C=O) groups is 1. The molecule has 2 heterocycles. The van der Waals surface area contributed by atoms with Gasteiger partial charge in [-0.25, -0.2) is 4.79 Å². The van der Waals surface area contributed by atoms with Gasteiger partial charge in [0.05, 0.1) is 51.8 Å². The van der Waals surface area contributed by atoms with Gasteiger partial charge in [0.25, 0.3) is 0 Å². The van der Waals surface area contributed by atoms with Gasteiger partial charge < -0.3 is 43.0 Å². The Morgan fingerprint density at radius 2 is 1.62 bits per heavy atom. The Morgan fingerprint density at radius 1 is 0.940 bits per heavy atom. The molecule has 7 aliphatic rings. The first-order valence-corrected chi connectivity index (χ1v) is 18.9. The number of methoxy groups -OCH3 is 2. The van der Waals surface area contributed by atoms with Crippen LogP contribution in [0.15, 0.2) is 12.1 Å². The van der Waals surface area contributed by atoms with Gasteiger partial charge in [-0.2, -0.15) is 0 Å². The molecule has 4 bridgehead atoms. The molecule has 8 rings (SSSR count). The molecule has 0 amide bonds. The van der Waals surface area contributed by atoms with Gasteiger partial charge in [0.15, 0.2) is 11.5 Å². The zero-order chi connectivity index (χ0) is 35.4. The molecule has 2 spiro atoms. The van der Waals surface area contributed by atoms with E-state index in [1.807, 2.05) is 13.0 Å². The SMILES string of the molecule is COCCOCCOCCOCCOC(=O)Oc1ccc2c3c1O[C@H]1[C@@]4(OC)CC[C@@]5(C[C@@H]4[C@](C)(O)C(C)(C)C)[C@@H](C2)N(CC2CC2)CC[C@]315. The molecular formula is C39H59NO10. The number of piperidine rings is 1. The van der Waals surface area contributed by atoms with Crippen LogP contribution in [0.5, 0.6) is 11.5 Å². The van der Waals surface area contributed by atoms with E-state index in [1.165, 1.54) is 24.0 Å². The van der Waals surface area contributed by atoms with Gasteiger partial charge in [-0.3, -0.25) is 4.90 Å². The van der Waals surface area contributed by atoms with Crippen LogP contribution >= 0.6 is 0 Å². The number of benzene rings is 1. The summed E-state index contributed by atoms with van der Waals surface area (Å²) in [6.07, 6.45) is 6.21. The fourth-order valence-electron chi connectivity index (χ4n) is 10.6. The number of fused-ring (bicyclic) bond motifs is 2. The Kier molecular flexibility index (Phi) is 10.0. The number of ether oxygens (including phenoxy) is 8. The summed E-state index contributed by atoms with van der Waals surface area (Å²) >= 11 is 0. The summed E-state index contributed by atoms with van der Waals surface area (Å²) in [5, 5.41) is 12.5. The normalized spacial score (nSPS) is 33.5. The van der Waals surface area contributed by atoms with Crippen molar-refractivity contribution in [1.82, 2.24) is 4.90 Å². The molecule has 7 atom stereocenters. The third kappa shape index (κ3) is 5.78. The molecule has 0 radical (unpaired) electrons. The maximum Gasteiger partial charge on any atom is 0.514 e. The van der Waals surface area contributed by atoms with Crippen molar-refractivity contribution in [3.8, 4) is 11.5 Å². The van der Waals surface area contributed by atoms with Crippen molar-refractivity contribution in [3.63, 3.8) is 0 Å². The molecule has 5 aliphatic carbocycles. The van der Waals surface area contributed by atoms with Crippen molar-refractivity contribution in [2.45, 2.75) is 101 Å². The molecule has 1 aromatic rings. The minimum absolute atomic E-state index is 0.0601. The van der Waals surface area contributed by atoms with Crippen molar-refractivity contribution in [2.75, 3.05) is 80.2 Å². The van der Waals surface area contributed by atoms with Crippen LogP contribution in [0.1, 0.15) is 77.3 Å². The van der Waals surface area contributed by atoms with Gasteiger partial charge in [-0.1, -0.05) is 26.8 Å². The van der Waals surface area contributed by atoms with Gasteiger partial charge in [0.1, 0.15) is 18.3 Å². The zero-order valence-electron chi connectivity index (χ0n) is 31.1. The molecule has 2 aliphatic heterocycles. The van der Waals surface area contributed by atoms with Crippen molar-refractivity contribution in [1.29, 1.82) is 0 Å². The summed E-state index contributed by atoms with van der Waals surface area (Å²) in [5.74, 6) is 1.71. The molecule has 5 fully saturated rings. The highest BCUT2D eigenvalue weighted by atomic mass is 16.7. The molecule has 280 valence electrons. The van der Waals surface area contributed by atoms with Gasteiger partial charge in [0.2, 0.25) is 0 Å². The van der Waals surface area contributed by atoms with E-state index >= 15 is 0 Å². The topological polar surface area (TPSA) is 114 Å². The second-order valence-electron chi connectivity index (χ2n) is 16.8. The molecule has 0 aromatic heterocycles. The fraction of sp³-hybridized carbons (Fsp3) is 0.821. The predicted octanol–water partition coefficient (Wildman–Crippen LogP) is 4.92. The molecule has 11 heteroatoms. The van der Waals surface area contributed by atoms with Crippen molar-refractivity contribution < 1.29 is 47.8 Å². The maximum absolute atomic E-state index is 13.0. The van der Waals surface area contributed by atoms with Crippen molar-refractivity contribution in [3.05, 3.63) is 23.3 Å². The lowest BCUT2D eigenvalue weighted by Crippen LogP contribution is -2.83. The quantitative estimate of drug-likeness (QED) is 0.136. The first kappa shape index (κ1) is 36.4. The summed E-state index contributed by atoms with van der Waals surface area (Å²) in [4.78, 5) is 15.8. The highest BCUT2D eigenvalue weighted by Gasteiger charge is 2.82. The summed E-state index contributed by atoms with van der Waals surface area (Å²) in [5.41, 5.74) is 0.0705. The number of hydrogen-bond donors (Lipinski definition) is 1. The van der Waals surface area contributed by atoms with E-state index in [-0.39, 0.29) is 41.5 Å². The van der Waals surface area contributed by atoms with E-state index < -0.39 is 17.4 Å². The van der Waals surface area contributed by atoms with E-state index in [1.54, 1.807) is 14.2 Å². The lowest BCUT2D eigenvalue weighted by Gasteiger charge is -2.75. The van der Waals surface area contributed by atoms with Crippen molar-refractivity contribution in [2.24, 2.45) is 22.7 Å². The Hall–Kier alpha value is -1.99. The third-order valence-electron chi connectivity index (χ3n) is 13.7. The number of rotatable bonds is 17. The van der Waals surface area contributed by atoms with Crippen LogP contribution in [0.25, 0.3) is 0 Å². The molecule has 1 saturated heterocycles. The number of nitrogens with zero attached hydrogens (tertiary/aromatic N) is 1. The van der Waals surface area contributed by atoms with Crippen LogP contribution in [0.4, 0.5) is 4.79 Å². The minimum atomic E-state index is -0.998. The smallest absolute Gasteiger partial charge is 0.482 e. The second-order valence-corrected chi connectivity index (χ2v) is 16.8. The first-order chi connectivity index (χ1) is 23.9. The van der Waals surface area contributed by atoms with E-state index in [2.05, 4.69) is 31.7 Å². The second kappa shape index (κ2) is 13.8. The Balaban J connectivity index is 1.08. The summed E-state index contributed by atoms with van der Waals surface area (Å²) < 4.78 is 46.6. The van der Waals surface area contributed by atoms with Gasteiger partial charge in [-0.05, 0) is 81.4 Å². The van der Waals surface area contributed by atoms with Crippen LogP contribution in [0, 0.1) is 22.7 Å². The number of aliphatic hydroxyl groups is 1. The number of likely N-dealkylation sites (tertiary alicyclic amines) is 1. The summed E-state index contributed by atoms with van der Waals surface area (Å²) in [6, 6.07) is 4.39. The van der Waals surface area contributed by atoms with Crippen LogP contribution < -0.4 is 9.47 Å². The Morgan fingerprint density at radius 3 is 2.26 bits per heavy atom. The summed E-state index contributed by atoms with van der Waals surface area (Å²) in [6.45, 7) is 13.8. The van der Waals surface area contributed by atoms with E-state index in [4.69, 9.17) is 37.9 Å². The molecule has 50 heavy (non-hydrogen) atoms. The molecule has 0 unspecified atom stereocenters. The Labute approximate surface area is 297 Å². The number of carbonyl (C=O) groups excluding carboxylic acids is 1. The minimum Gasteiger partial charge on any atom is -0.482 e. The molecule has 1 N–H and O–H groups in total. The highest BCUT2D eigenvalue weighted by Crippen LogP contribution is 2.78. The van der Waals surface area contributed by atoms with Crippen LogP contribution in [-0.4, -0.2) is 120 Å². The maximum atomic E-state index is 13.0. The molecule has 11 nitrogen and oxygen atoms in total. The lowest BCUT2D eigenvalue weighted by molar-refractivity contribution is -0.312. The molecule has 4 saturated carbocycles. The highest BCUT2D eigenvalue weighted by molar-refractivity contribution is 5.70. The monoisotopic (exact) mass is 701 g/mol. The average Bonchev–Trinajstić information content (AvgIpc) is 3.83.